The van der Waals surface area contributed by atoms with Gasteiger partial charge in [0.15, 0.2) is 6.10 Å². The van der Waals surface area contributed by atoms with Crippen molar-refractivity contribution in [3.8, 4) is 0 Å². The second-order valence-electron chi connectivity index (χ2n) is 22.7. The van der Waals surface area contributed by atoms with Gasteiger partial charge in [0, 0.05) is 19.3 Å². The molecule has 0 spiro atoms. The summed E-state index contributed by atoms with van der Waals surface area (Å²) in [5.74, 6) is -0.941. The molecule has 0 fully saturated rings. The van der Waals surface area contributed by atoms with E-state index < -0.39 is 6.10 Å². The SMILES string of the molecule is CC/C=C\C/C=C\C/C=C\C/C=C\C/C=C\C/C=C\C/C=C\CCCCCCCC(=O)OCC(COC(=O)CCCCC/C=C\C/C=C\C/C=C\CC)OC(=O)CCCCCCCCCCCCCCC/C=C\CCCCCCCCCC. The van der Waals surface area contributed by atoms with Gasteiger partial charge in [-0.3, -0.25) is 14.4 Å². The van der Waals surface area contributed by atoms with E-state index in [1.165, 1.54) is 128 Å². The molecule has 6 heteroatoms. The Morgan fingerprint density at radius 3 is 0.759 bits per heavy atom. The second-order valence-corrected chi connectivity index (χ2v) is 22.7. The van der Waals surface area contributed by atoms with E-state index in [9.17, 15) is 14.4 Å². The third-order valence-corrected chi connectivity index (χ3v) is 14.6. The second kappa shape index (κ2) is 70.0. The summed E-state index contributed by atoms with van der Waals surface area (Å²) in [4.78, 5) is 38.4. The van der Waals surface area contributed by atoms with E-state index in [2.05, 4.69) is 154 Å². The smallest absolute Gasteiger partial charge is 0.306 e. The summed E-state index contributed by atoms with van der Waals surface area (Å²) in [6, 6.07) is 0. The molecule has 0 aliphatic rings. The normalized spacial score (nSPS) is 13.0. The van der Waals surface area contributed by atoms with Crippen molar-refractivity contribution in [1.29, 1.82) is 0 Å². The maximum atomic E-state index is 13.0. The van der Waals surface area contributed by atoms with E-state index in [4.69, 9.17) is 14.2 Å². The lowest BCUT2D eigenvalue weighted by atomic mass is 10.0. The van der Waals surface area contributed by atoms with E-state index in [1.807, 2.05) is 0 Å². The van der Waals surface area contributed by atoms with Gasteiger partial charge in [0.25, 0.3) is 0 Å². The summed E-state index contributed by atoms with van der Waals surface area (Å²) < 4.78 is 16.9. The highest BCUT2D eigenvalue weighted by molar-refractivity contribution is 5.71. The molecular weight excluding hydrogens is 1020 g/mol. The Morgan fingerprint density at radius 1 is 0.253 bits per heavy atom. The van der Waals surface area contributed by atoms with Gasteiger partial charge < -0.3 is 14.2 Å². The molecule has 0 saturated heterocycles. The molecule has 0 amide bonds. The average molecular weight is 1150 g/mol. The minimum Gasteiger partial charge on any atom is -0.462 e. The fraction of sp³-hybridized carbons (Fsp3) is 0.675. The van der Waals surface area contributed by atoms with Crippen LogP contribution in [0, 0.1) is 0 Å². The summed E-state index contributed by atoms with van der Waals surface area (Å²) in [5, 5.41) is 0. The zero-order chi connectivity index (χ0) is 59.9. The van der Waals surface area contributed by atoms with Gasteiger partial charge in [0.1, 0.15) is 13.2 Å². The molecule has 0 radical (unpaired) electrons. The minimum absolute atomic E-state index is 0.100. The van der Waals surface area contributed by atoms with E-state index in [1.54, 1.807) is 0 Å². The monoisotopic (exact) mass is 1150 g/mol. The number of esters is 3. The van der Waals surface area contributed by atoms with Crippen LogP contribution in [0.15, 0.2) is 134 Å². The number of carbonyl (C=O) groups excluding carboxylic acids is 3. The fourth-order valence-electron chi connectivity index (χ4n) is 9.49. The first-order chi connectivity index (χ1) is 41.0. The lowest BCUT2D eigenvalue weighted by Gasteiger charge is -2.18. The molecule has 6 nitrogen and oxygen atoms in total. The Morgan fingerprint density at radius 2 is 0.470 bits per heavy atom. The largest absolute Gasteiger partial charge is 0.462 e. The van der Waals surface area contributed by atoms with Gasteiger partial charge in [0.2, 0.25) is 0 Å². The zero-order valence-corrected chi connectivity index (χ0v) is 54.2. The summed E-state index contributed by atoms with van der Waals surface area (Å²) in [6.07, 6.45) is 99.1. The van der Waals surface area contributed by atoms with Crippen LogP contribution in [0.5, 0.6) is 0 Å². The van der Waals surface area contributed by atoms with Crippen LogP contribution in [0.1, 0.15) is 316 Å². The summed E-state index contributed by atoms with van der Waals surface area (Å²) in [5.41, 5.74) is 0. The first-order valence-electron chi connectivity index (χ1n) is 34.7. The van der Waals surface area contributed by atoms with Crippen LogP contribution in [-0.2, 0) is 28.6 Å². The highest BCUT2D eigenvalue weighted by Gasteiger charge is 2.19. The lowest BCUT2D eigenvalue weighted by Crippen LogP contribution is -2.30. The molecular formula is C77H128O6. The highest BCUT2D eigenvalue weighted by Crippen LogP contribution is 2.16. The molecule has 0 saturated carbocycles. The summed E-state index contributed by atoms with van der Waals surface area (Å²) >= 11 is 0. The van der Waals surface area contributed by atoms with Crippen molar-refractivity contribution in [2.45, 2.75) is 322 Å². The average Bonchev–Trinajstić information content (AvgIpc) is 3.49. The molecule has 0 N–H and O–H groups in total. The van der Waals surface area contributed by atoms with Crippen LogP contribution in [0.25, 0.3) is 0 Å². The van der Waals surface area contributed by atoms with Crippen molar-refractivity contribution in [3.05, 3.63) is 134 Å². The number of hydrogen-bond acceptors (Lipinski definition) is 6. The molecule has 0 aliphatic carbocycles. The van der Waals surface area contributed by atoms with Crippen molar-refractivity contribution in [3.63, 3.8) is 0 Å². The quantitative estimate of drug-likeness (QED) is 0.0261. The standard InChI is InChI=1S/C77H128O6/c1-4-7-10-13-16-19-22-25-27-29-31-33-35-37-38-40-41-43-45-47-49-52-55-58-61-64-67-70-76(79)82-73-74(72-81-75(78)69-66-63-60-57-54-51-24-21-18-15-12-9-6-3)83-77(80)71-68-65-62-59-56-53-50-48-46-44-42-39-36-34-32-30-28-26-23-20-17-14-11-8-5-2/h7,9-10,12,16,18-19,21,25,27,30-33,37-38,41,43,47,49,51,54,74H,4-6,8,11,13-15,17,20,22-24,26,28-29,34-36,39-40,42,44-46,48,50,52-53,55-73H2,1-3H3/b10-7-,12-9-,19-16-,21-18-,27-25-,32-30-,33-31-,38-37-,43-41-,49-47-,54-51-. The topological polar surface area (TPSA) is 78.9 Å². The van der Waals surface area contributed by atoms with E-state index >= 15 is 0 Å². The van der Waals surface area contributed by atoms with Gasteiger partial charge >= 0.3 is 17.9 Å². The van der Waals surface area contributed by atoms with Crippen LogP contribution in [0.2, 0.25) is 0 Å². The van der Waals surface area contributed by atoms with Gasteiger partial charge in [-0.1, -0.05) is 296 Å². The van der Waals surface area contributed by atoms with Gasteiger partial charge in [-0.05, 0) is 135 Å². The van der Waals surface area contributed by atoms with Crippen LogP contribution >= 0.6 is 0 Å². The van der Waals surface area contributed by atoms with E-state index in [0.717, 1.165) is 148 Å². The number of hydrogen-bond donors (Lipinski definition) is 0. The molecule has 0 heterocycles. The molecule has 0 rings (SSSR count). The number of allylic oxidation sites excluding steroid dienone is 22. The third-order valence-electron chi connectivity index (χ3n) is 14.6. The van der Waals surface area contributed by atoms with Gasteiger partial charge in [-0.2, -0.15) is 0 Å². The first-order valence-corrected chi connectivity index (χ1v) is 34.7. The molecule has 0 aromatic heterocycles. The van der Waals surface area contributed by atoms with Crippen molar-refractivity contribution in [2.75, 3.05) is 13.2 Å². The van der Waals surface area contributed by atoms with Crippen molar-refractivity contribution in [1.82, 2.24) is 0 Å². The number of rotatable bonds is 62. The van der Waals surface area contributed by atoms with Crippen LogP contribution in [0.4, 0.5) is 0 Å². The number of carbonyl (C=O) groups is 3. The maximum absolute atomic E-state index is 13.0. The van der Waals surface area contributed by atoms with Crippen molar-refractivity contribution >= 4 is 17.9 Å². The predicted octanol–water partition coefficient (Wildman–Crippen LogP) is 24.1. The zero-order valence-electron chi connectivity index (χ0n) is 54.2. The van der Waals surface area contributed by atoms with Gasteiger partial charge in [-0.25, -0.2) is 0 Å². The van der Waals surface area contributed by atoms with E-state index in [-0.39, 0.29) is 31.1 Å². The lowest BCUT2D eigenvalue weighted by molar-refractivity contribution is -0.167. The molecule has 0 bridgehead atoms. The molecule has 0 aliphatic heterocycles. The summed E-state index contributed by atoms with van der Waals surface area (Å²) in [6.45, 7) is 6.39. The molecule has 0 aromatic carbocycles. The molecule has 472 valence electrons. The number of ether oxygens (including phenoxy) is 3. The third kappa shape index (κ3) is 68.2. The van der Waals surface area contributed by atoms with Crippen molar-refractivity contribution < 1.29 is 28.6 Å². The van der Waals surface area contributed by atoms with Crippen LogP contribution in [-0.4, -0.2) is 37.2 Å². The Balaban J connectivity index is 4.36. The van der Waals surface area contributed by atoms with Crippen molar-refractivity contribution in [2.24, 2.45) is 0 Å². The first kappa shape index (κ1) is 78.5. The molecule has 1 atom stereocenters. The minimum atomic E-state index is -0.805. The Hall–Kier alpha value is -4.45. The van der Waals surface area contributed by atoms with Gasteiger partial charge in [-0.15, -0.1) is 0 Å². The fourth-order valence-corrected chi connectivity index (χ4v) is 9.49. The predicted molar refractivity (Wildman–Crippen MR) is 362 cm³/mol. The summed E-state index contributed by atoms with van der Waals surface area (Å²) in [7, 11) is 0. The van der Waals surface area contributed by atoms with Gasteiger partial charge in [0.05, 0.1) is 0 Å². The Bertz CT molecular complexity index is 1750. The highest BCUT2D eigenvalue weighted by atomic mass is 16.6. The number of unbranched alkanes of at least 4 members (excludes halogenated alkanes) is 29. The van der Waals surface area contributed by atoms with E-state index in [0.29, 0.717) is 19.3 Å². The Kier molecular flexibility index (Phi) is 66.3. The van der Waals surface area contributed by atoms with Crippen LogP contribution in [0.3, 0.4) is 0 Å². The molecule has 0 aromatic rings. The maximum Gasteiger partial charge on any atom is 0.306 e. The Labute approximate surface area is 513 Å². The molecule has 83 heavy (non-hydrogen) atoms. The van der Waals surface area contributed by atoms with Crippen LogP contribution < -0.4 is 0 Å². The molecule has 1 unspecified atom stereocenters.